The van der Waals surface area contributed by atoms with Crippen LogP contribution in [0.5, 0.6) is 5.75 Å². The minimum Gasteiger partial charge on any atom is -0.491 e. The van der Waals surface area contributed by atoms with Gasteiger partial charge in [-0.1, -0.05) is 6.07 Å². The Bertz CT molecular complexity index is 1100. The molecule has 9 nitrogen and oxygen atoms in total. The second-order valence-electron chi connectivity index (χ2n) is 6.47. The van der Waals surface area contributed by atoms with E-state index in [1.165, 1.54) is 6.08 Å². The molecule has 0 bridgehead atoms. The van der Waals surface area contributed by atoms with Crippen LogP contribution in [0.3, 0.4) is 0 Å². The summed E-state index contributed by atoms with van der Waals surface area (Å²) in [6.45, 7) is 3.94. The largest absolute Gasteiger partial charge is 0.491 e. The van der Waals surface area contributed by atoms with E-state index in [2.05, 4.69) is 26.0 Å². The van der Waals surface area contributed by atoms with Crippen molar-refractivity contribution in [2.45, 2.75) is 20.0 Å². The molecule has 0 spiro atoms. The zero-order valence-corrected chi connectivity index (χ0v) is 15.3. The molecule has 0 atom stereocenters. The molecule has 1 aliphatic heterocycles. The first-order chi connectivity index (χ1) is 13.5. The lowest BCUT2D eigenvalue weighted by atomic mass is 10.2. The molecule has 28 heavy (non-hydrogen) atoms. The first kappa shape index (κ1) is 17.5. The van der Waals surface area contributed by atoms with E-state index >= 15 is 0 Å². The zero-order chi connectivity index (χ0) is 19.7. The fraction of sp³-hybridized carbons (Fsp3) is 0.158. The molecule has 0 aliphatic carbocycles. The summed E-state index contributed by atoms with van der Waals surface area (Å²) >= 11 is 0. The van der Waals surface area contributed by atoms with Crippen LogP contribution in [-0.2, 0) is 4.79 Å². The number of aromatic nitrogens is 3. The summed E-state index contributed by atoms with van der Waals surface area (Å²) in [6, 6.07) is 8.84. The average Bonchev–Trinajstić information content (AvgIpc) is 3.17. The van der Waals surface area contributed by atoms with Crippen molar-refractivity contribution in [2.24, 2.45) is 0 Å². The number of rotatable bonds is 5. The Labute approximate surface area is 160 Å². The number of benzene rings is 1. The molecule has 0 saturated carbocycles. The van der Waals surface area contributed by atoms with Gasteiger partial charge in [0.2, 0.25) is 0 Å². The van der Waals surface area contributed by atoms with Gasteiger partial charge in [0, 0.05) is 23.5 Å². The van der Waals surface area contributed by atoms with Crippen LogP contribution in [-0.4, -0.2) is 32.6 Å². The number of ether oxygens (including phenoxy) is 1. The lowest BCUT2D eigenvalue weighted by Crippen LogP contribution is -2.22. The number of amides is 3. The van der Waals surface area contributed by atoms with Gasteiger partial charge in [-0.3, -0.25) is 10.1 Å². The number of nitrogens with one attached hydrogen (secondary N) is 3. The van der Waals surface area contributed by atoms with Gasteiger partial charge in [-0.05, 0) is 38.1 Å². The van der Waals surface area contributed by atoms with Crippen molar-refractivity contribution in [1.29, 1.82) is 0 Å². The van der Waals surface area contributed by atoms with E-state index in [0.29, 0.717) is 17.0 Å². The van der Waals surface area contributed by atoms with Gasteiger partial charge in [-0.2, -0.15) is 5.10 Å². The van der Waals surface area contributed by atoms with Crippen LogP contribution < -0.4 is 20.7 Å². The van der Waals surface area contributed by atoms with Gasteiger partial charge < -0.3 is 15.4 Å². The van der Waals surface area contributed by atoms with Gasteiger partial charge in [0.1, 0.15) is 17.3 Å². The molecular weight excluding hydrogens is 360 g/mol. The van der Waals surface area contributed by atoms with E-state index in [1.807, 2.05) is 38.1 Å². The lowest BCUT2D eigenvalue weighted by Gasteiger charge is -2.12. The molecule has 3 amide bonds. The number of imide groups is 1. The Morgan fingerprint density at radius 3 is 2.82 bits per heavy atom. The first-order valence-corrected chi connectivity index (χ1v) is 8.70. The van der Waals surface area contributed by atoms with E-state index in [9.17, 15) is 9.59 Å². The van der Waals surface area contributed by atoms with E-state index < -0.39 is 11.9 Å². The molecule has 3 aromatic rings. The number of carbonyl (C=O) groups excluding carboxylic acids is 2. The third-order valence-electron chi connectivity index (χ3n) is 3.89. The molecule has 2 aromatic heterocycles. The van der Waals surface area contributed by atoms with Crippen LogP contribution >= 0.6 is 0 Å². The summed E-state index contributed by atoms with van der Waals surface area (Å²) in [7, 11) is 0. The van der Waals surface area contributed by atoms with Crippen LogP contribution in [0.2, 0.25) is 0 Å². The Morgan fingerprint density at radius 1 is 1.21 bits per heavy atom. The molecule has 3 N–H and O–H groups in total. The Morgan fingerprint density at radius 2 is 2.07 bits per heavy atom. The normalized spacial score (nSPS) is 15.2. The van der Waals surface area contributed by atoms with Gasteiger partial charge in [-0.15, -0.1) is 0 Å². The van der Waals surface area contributed by atoms with Crippen LogP contribution in [0.1, 0.15) is 19.4 Å². The van der Waals surface area contributed by atoms with Gasteiger partial charge >= 0.3 is 6.03 Å². The van der Waals surface area contributed by atoms with Crippen molar-refractivity contribution < 1.29 is 14.3 Å². The third kappa shape index (κ3) is 3.63. The highest BCUT2D eigenvalue weighted by Gasteiger charge is 2.23. The van der Waals surface area contributed by atoms with E-state index in [4.69, 9.17) is 4.74 Å². The number of anilines is 2. The summed E-state index contributed by atoms with van der Waals surface area (Å²) in [6.07, 6.45) is 4.96. The number of hydrogen-bond acceptors (Lipinski definition) is 6. The van der Waals surface area contributed by atoms with Gasteiger partial charge in [0.05, 0.1) is 12.3 Å². The van der Waals surface area contributed by atoms with Crippen molar-refractivity contribution in [1.82, 2.24) is 25.2 Å². The Balaban J connectivity index is 1.62. The second kappa shape index (κ2) is 7.03. The smallest absolute Gasteiger partial charge is 0.326 e. The number of fused-ring (bicyclic) bond motifs is 1. The highest BCUT2D eigenvalue weighted by Crippen LogP contribution is 2.22. The lowest BCUT2D eigenvalue weighted by molar-refractivity contribution is -0.115. The maximum Gasteiger partial charge on any atom is 0.326 e. The molecular formula is C19H18N6O3. The molecule has 1 aromatic carbocycles. The van der Waals surface area contributed by atoms with Crippen molar-refractivity contribution in [3.05, 3.63) is 54.0 Å². The zero-order valence-electron chi connectivity index (χ0n) is 15.3. The molecule has 3 heterocycles. The topological polar surface area (TPSA) is 110 Å². The standard InChI is InChI=1S/C19H18N6O3/c1-11(2)28-14-5-3-4-13(9-14)21-16-6-7-25-17(23-16)12(10-20-25)8-15-18(26)24-19(27)22-15/h3-11H,1-2H3,(H,21,23)(H2,22,24,26,27)/b15-8+. The van der Waals surface area contributed by atoms with Crippen LogP contribution in [0, 0.1) is 0 Å². The highest BCUT2D eigenvalue weighted by molar-refractivity contribution is 6.14. The number of hydrogen-bond donors (Lipinski definition) is 3. The van der Waals surface area contributed by atoms with E-state index in [1.54, 1.807) is 23.0 Å². The van der Waals surface area contributed by atoms with Crippen LogP contribution in [0.25, 0.3) is 11.7 Å². The Hall–Kier alpha value is -3.88. The monoisotopic (exact) mass is 378 g/mol. The van der Waals surface area contributed by atoms with Crippen molar-refractivity contribution >= 4 is 35.2 Å². The molecule has 142 valence electrons. The summed E-state index contributed by atoms with van der Waals surface area (Å²) in [5.74, 6) is 0.883. The summed E-state index contributed by atoms with van der Waals surface area (Å²) in [4.78, 5) is 27.6. The van der Waals surface area contributed by atoms with Crippen LogP contribution in [0.4, 0.5) is 16.3 Å². The quantitative estimate of drug-likeness (QED) is 0.465. The van der Waals surface area contributed by atoms with Gasteiger partial charge in [0.15, 0.2) is 5.65 Å². The predicted octanol–water partition coefficient (Wildman–Crippen LogP) is 2.44. The molecule has 0 unspecified atom stereocenters. The molecule has 1 aliphatic rings. The van der Waals surface area contributed by atoms with Crippen LogP contribution in [0.15, 0.2) is 48.4 Å². The van der Waals surface area contributed by atoms with Gasteiger partial charge in [0.25, 0.3) is 5.91 Å². The fourth-order valence-corrected chi connectivity index (χ4v) is 2.76. The van der Waals surface area contributed by atoms with Crippen molar-refractivity contribution in [2.75, 3.05) is 5.32 Å². The predicted molar refractivity (Wildman–Crippen MR) is 103 cm³/mol. The highest BCUT2D eigenvalue weighted by atomic mass is 16.5. The van der Waals surface area contributed by atoms with Gasteiger partial charge in [-0.25, -0.2) is 14.3 Å². The maximum absolute atomic E-state index is 11.7. The average molecular weight is 378 g/mol. The van der Waals surface area contributed by atoms with E-state index in [-0.39, 0.29) is 11.8 Å². The first-order valence-electron chi connectivity index (χ1n) is 8.70. The molecule has 9 heteroatoms. The fourth-order valence-electron chi connectivity index (χ4n) is 2.76. The third-order valence-corrected chi connectivity index (χ3v) is 3.89. The minimum atomic E-state index is -0.550. The molecule has 1 saturated heterocycles. The minimum absolute atomic E-state index is 0.0837. The summed E-state index contributed by atoms with van der Waals surface area (Å²) in [5.41, 5.74) is 2.13. The van der Waals surface area contributed by atoms with Crippen molar-refractivity contribution in [3.63, 3.8) is 0 Å². The number of urea groups is 1. The maximum atomic E-state index is 11.7. The number of nitrogens with zero attached hydrogens (tertiary/aromatic N) is 3. The summed E-state index contributed by atoms with van der Waals surface area (Å²) < 4.78 is 7.30. The van der Waals surface area contributed by atoms with Crippen molar-refractivity contribution in [3.8, 4) is 5.75 Å². The SMILES string of the molecule is CC(C)Oc1cccc(Nc2ccn3ncc(/C=C4/NC(=O)NC4=O)c3n2)c1. The molecule has 4 rings (SSSR count). The number of carbonyl (C=O) groups is 2. The summed E-state index contributed by atoms with van der Waals surface area (Å²) in [5, 5.41) is 12.1. The van der Waals surface area contributed by atoms with E-state index in [0.717, 1.165) is 11.4 Å². The molecule has 1 fully saturated rings. The Kier molecular flexibility index (Phi) is 4.40. The second-order valence-corrected chi connectivity index (χ2v) is 6.47. The molecule has 0 radical (unpaired) electrons.